The molecular weight excluding hydrogens is 442 g/mol. The number of ether oxygens (including phenoxy) is 2. The van der Waals surface area contributed by atoms with E-state index in [1.165, 1.54) is 0 Å². The maximum atomic E-state index is 13.2. The summed E-state index contributed by atoms with van der Waals surface area (Å²) in [7, 11) is 0. The first-order valence-corrected chi connectivity index (χ1v) is 11.8. The zero-order chi connectivity index (χ0) is 23.3. The number of halogens is 1. The second-order valence-corrected chi connectivity index (χ2v) is 9.22. The van der Waals surface area contributed by atoms with Gasteiger partial charge in [0.2, 0.25) is 5.91 Å². The van der Waals surface area contributed by atoms with Gasteiger partial charge in [-0.3, -0.25) is 14.6 Å². The minimum atomic E-state index is -0.928. The van der Waals surface area contributed by atoms with Gasteiger partial charge in [0.1, 0.15) is 18.0 Å². The average Bonchev–Trinajstić information content (AvgIpc) is 2.85. The maximum absolute atomic E-state index is 13.2. The Bertz CT molecular complexity index is 981. The Hall–Kier alpha value is -2.64. The van der Waals surface area contributed by atoms with E-state index in [-0.39, 0.29) is 31.4 Å². The lowest BCUT2D eigenvalue weighted by Crippen LogP contribution is -2.58. The van der Waals surface area contributed by atoms with Crippen molar-refractivity contribution in [1.29, 1.82) is 0 Å². The fraction of sp³-hybridized carbons (Fsp3) is 0.480. The van der Waals surface area contributed by atoms with E-state index < -0.39 is 5.60 Å². The van der Waals surface area contributed by atoms with Crippen LogP contribution in [-0.2, 0) is 9.53 Å². The Kier molecular flexibility index (Phi) is 7.50. The highest BCUT2D eigenvalue weighted by Gasteiger charge is 2.42. The summed E-state index contributed by atoms with van der Waals surface area (Å²) in [6.07, 6.45) is 6.57. The van der Waals surface area contributed by atoms with Crippen LogP contribution in [0.3, 0.4) is 0 Å². The fourth-order valence-corrected chi connectivity index (χ4v) is 4.51. The molecule has 0 N–H and O–H groups in total. The standard InChI is InChI=1S/C25H30ClN3O4/c1-19-15-21(5-6-22(19)26)32-18-25(16-23(30)28-11-3-2-4-12-28)17-29(13-14-33-25)24(31)20-7-9-27-10-8-20/h5-10,15H,2-4,11-14,16-18H2,1H3/t25-/m0/s1. The van der Waals surface area contributed by atoms with Crippen molar-refractivity contribution in [2.24, 2.45) is 0 Å². The van der Waals surface area contributed by atoms with Crippen molar-refractivity contribution in [3.63, 3.8) is 0 Å². The van der Waals surface area contributed by atoms with Crippen LogP contribution >= 0.6 is 11.6 Å². The number of aromatic nitrogens is 1. The molecule has 33 heavy (non-hydrogen) atoms. The van der Waals surface area contributed by atoms with E-state index in [2.05, 4.69) is 4.98 Å². The van der Waals surface area contributed by atoms with E-state index in [4.69, 9.17) is 21.1 Å². The highest BCUT2D eigenvalue weighted by molar-refractivity contribution is 6.31. The van der Waals surface area contributed by atoms with Gasteiger partial charge in [0.15, 0.2) is 0 Å². The van der Waals surface area contributed by atoms with Gasteiger partial charge in [-0.15, -0.1) is 0 Å². The molecule has 2 saturated heterocycles. The third kappa shape index (κ3) is 5.84. The summed E-state index contributed by atoms with van der Waals surface area (Å²) in [5, 5.41) is 0.667. The minimum absolute atomic E-state index is 0.0452. The molecule has 2 amide bonds. The number of benzene rings is 1. The van der Waals surface area contributed by atoms with Crippen molar-refractivity contribution in [3.8, 4) is 5.75 Å². The zero-order valence-electron chi connectivity index (χ0n) is 19.0. The average molecular weight is 472 g/mol. The lowest BCUT2D eigenvalue weighted by molar-refractivity contribution is -0.153. The van der Waals surface area contributed by atoms with E-state index in [9.17, 15) is 9.59 Å². The number of morpholine rings is 1. The van der Waals surface area contributed by atoms with Crippen molar-refractivity contribution in [3.05, 3.63) is 58.9 Å². The lowest BCUT2D eigenvalue weighted by atomic mass is 9.95. The first-order chi connectivity index (χ1) is 16.0. The summed E-state index contributed by atoms with van der Waals surface area (Å²) >= 11 is 6.14. The molecule has 0 bridgehead atoms. The molecule has 2 aliphatic rings. The molecular formula is C25H30ClN3O4. The number of hydrogen-bond acceptors (Lipinski definition) is 5. The highest BCUT2D eigenvalue weighted by Crippen LogP contribution is 2.28. The summed E-state index contributed by atoms with van der Waals surface area (Å²) in [5.41, 5.74) is 0.548. The van der Waals surface area contributed by atoms with Crippen LogP contribution in [0.25, 0.3) is 0 Å². The Labute approximate surface area is 199 Å². The van der Waals surface area contributed by atoms with Gasteiger partial charge < -0.3 is 19.3 Å². The first-order valence-electron chi connectivity index (χ1n) is 11.5. The summed E-state index contributed by atoms with van der Waals surface area (Å²) in [6, 6.07) is 8.86. The third-order valence-electron chi connectivity index (χ3n) is 6.28. The molecule has 7 nitrogen and oxygen atoms in total. The monoisotopic (exact) mass is 471 g/mol. The van der Waals surface area contributed by atoms with Gasteiger partial charge in [-0.05, 0) is 62.1 Å². The SMILES string of the molecule is Cc1cc(OC[C@]2(CC(=O)N3CCCCC3)CN(C(=O)c3ccncc3)CCO2)ccc1Cl. The molecule has 0 spiro atoms. The predicted octanol–water partition coefficient (Wildman–Crippen LogP) is 3.74. The summed E-state index contributed by atoms with van der Waals surface area (Å²) in [4.78, 5) is 34.0. The number of likely N-dealkylation sites (tertiary alicyclic amines) is 1. The van der Waals surface area contributed by atoms with E-state index in [0.717, 1.165) is 37.9 Å². The van der Waals surface area contributed by atoms with Gasteiger partial charge in [0, 0.05) is 42.6 Å². The van der Waals surface area contributed by atoms with Gasteiger partial charge >= 0.3 is 0 Å². The van der Waals surface area contributed by atoms with Crippen LogP contribution in [0, 0.1) is 6.92 Å². The first kappa shape index (κ1) is 23.5. The molecule has 1 atom stereocenters. The van der Waals surface area contributed by atoms with Crippen molar-refractivity contribution >= 4 is 23.4 Å². The van der Waals surface area contributed by atoms with Crippen molar-refractivity contribution in [2.45, 2.75) is 38.2 Å². The Morgan fingerprint density at radius 2 is 1.85 bits per heavy atom. The van der Waals surface area contributed by atoms with Gasteiger partial charge in [-0.2, -0.15) is 0 Å². The number of pyridine rings is 1. The molecule has 0 unspecified atom stereocenters. The molecule has 0 saturated carbocycles. The molecule has 0 aliphatic carbocycles. The van der Waals surface area contributed by atoms with Crippen molar-refractivity contribution in [1.82, 2.24) is 14.8 Å². The fourth-order valence-electron chi connectivity index (χ4n) is 4.39. The molecule has 2 fully saturated rings. The zero-order valence-corrected chi connectivity index (χ0v) is 19.7. The quantitative estimate of drug-likeness (QED) is 0.641. The third-order valence-corrected chi connectivity index (χ3v) is 6.70. The van der Waals surface area contributed by atoms with Crippen LogP contribution in [-0.4, -0.2) is 71.6 Å². The Morgan fingerprint density at radius 1 is 1.09 bits per heavy atom. The maximum Gasteiger partial charge on any atom is 0.254 e. The van der Waals surface area contributed by atoms with Gasteiger partial charge in [0.05, 0.1) is 19.6 Å². The van der Waals surface area contributed by atoms with Crippen LogP contribution in [0.4, 0.5) is 0 Å². The lowest BCUT2D eigenvalue weighted by Gasteiger charge is -2.43. The number of aryl methyl sites for hydroxylation is 1. The molecule has 1 aromatic carbocycles. The molecule has 8 heteroatoms. The second kappa shape index (κ2) is 10.5. The van der Waals surface area contributed by atoms with Crippen molar-refractivity contribution in [2.75, 3.05) is 39.4 Å². The molecule has 176 valence electrons. The molecule has 1 aromatic heterocycles. The summed E-state index contributed by atoms with van der Waals surface area (Å²) in [6.45, 7) is 4.69. The number of carbonyl (C=O) groups is 2. The number of hydrogen-bond donors (Lipinski definition) is 0. The topological polar surface area (TPSA) is 72.0 Å². The van der Waals surface area contributed by atoms with Crippen LogP contribution in [0.5, 0.6) is 5.75 Å². The van der Waals surface area contributed by atoms with Gasteiger partial charge in [-0.1, -0.05) is 11.6 Å². The largest absolute Gasteiger partial charge is 0.490 e. The second-order valence-electron chi connectivity index (χ2n) is 8.81. The van der Waals surface area contributed by atoms with E-state index in [0.29, 0.717) is 29.5 Å². The van der Waals surface area contributed by atoms with E-state index in [1.807, 2.05) is 17.9 Å². The molecule has 3 heterocycles. The van der Waals surface area contributed by atoms with Crippen LogP contribution in [0.2, 0.25) is 5.02 Å². The van der Waals surface area contributed by atoms with E-state index >= 15 is 0 Å². The van der Waals surface area contributed by atoms with Gasteiger partial charge in [0.25, 0.3) is 5.91 Å². The van der Waals surface area contributed by atoms with Crippen molar-refractivity contribution < 1.29 is 19.1 Å². The molecule has 2 aromatic rings. The minimum Gasteiger partial charge on any atom is -0.490 e. The normalized spacial score (nSPS) is 21.0. The van der Waals surface area contributed by atoms with E-state index in [1.54, 1.807) is 41.6 Å². The number of rotatable bonds is 6. The highest BCUT2D eigenvalue weighted by atomic mass is 35.5. The molecule has 2 aliphatic heterocycles. The molecule has 4 rings (SSSR count). The number of carbonyl (C=O) groups excluding carboxylic acids is 2. The van der Waals surface area contributed by atoms with Gasteiger partial charge in [-0.25, -0.2) is 0 Å². The Balaban J connectivity index is 1.53. The number of amides is 2. The predicted molar refractivity (Wildman–Crippen MR) is 126 cm³/mol. The Morgan fingerprint density at radius 3 is 2.58 bits per heavy atom. The summed E-state index contributed by atoms with van der Waals surface area (Å²) in [5.74, 6) is 0.601. The number of nitrogens with zero attached hydrogens (tertiary/aromatic N) is 3. The summed E-state index contributed by atoms with van der Waals surface area (Å²) < 4.78 is 12.3. The van der Waals surface area contributed by atoms with Crippen LogP contribution < -0.4 is 4.74 Å². The van der Waals surface area contributed by atoms with Crippen LogP contribution in [0.15, 0.2) is 42.7 Å². The smallest absolute Gasteiger partial charge is 0.254 e. The number of piperidine rings is 1. The van der Waals surface area contributed by atoms with Crippen LogP contribution in [0.1, 0.15) is 41.6 Å². The molecule has 0 radical (unpaired) electrons.